The molecule has 9 nitrogen and oxygen atoms in total. The third-order valence-corrected chi connectivity index (χ3v) is 5.30. The molecule has 1 unspecified atom stereocenters. The van der Waals surface area contributed by atoms with E-state index in [0.717, 1.165) is 5.56 Å². The number of aliphatic hydroxyl groups excluding tert-OH is 1. The van der Waals surface area contributed by atoms with Crippen LogP contribution in [0.4, 0.5) is 0 Å². The summed E-state index contributed by atoms with van der Waals surface area (Å²) in [5.41, 5.74) is 1.77. The molecule has 34 heavy (non-hydrogen) atoms. The van der Waals surface area contributed by atoms with Gasteiger partial charge in [-0.25, -0.2) is 4.79 Å². The molecule has 0 aliphatic rings. The maximum absolute atomic E-state index is 12.1. The Labute approximate surface area is 199 Å². The number of carboxylic acid groups (broad SMARTS) is 1. The van der Waals surface area contributed by atoms with Crippen LogP contribution in [0.5, 0.6) is 11.5 Å². The number of hydrogen-bond donors (Lipinski definition) is 2. The SMILES string of the molecule is CC#CCCOC(Cn1cc(CC(=O)O)c(C(=O)OC)c1)[C@H](O)c1cc(OC)c(C)c(OC)c1. The largest absolute Gasteiger partial charge is 0.496 e. The highest BCUT2D eigenvalue weighted by atomic mass is 16.5. The number of aliphatic carboxylic acids is 1. The number of ether oxygens (including phenoxy) is 4. The molecule has 1 heterocycles. The van der Waals surface area contributed by atoms with E-state index >= 15 is 0 Å². The molecule has 0 amide bonds. The van der Waals surface area contributed by atoms with E-state index in [2.05, 4.69) is 11.8 Å². The molecule has 0 aliphatic heterocycles. The van der Waals surface area contributed by atoms with E-state index in [9.17, 15) is 19.8 Å². The van der Waals surface area contributed by atoms with Crippen LogP contribution in [-0.4, -0.2) is 60.8 Å². The first kappa shape index (κ1) is 26.8. The molecular weight excluding hydrogens is 442 g/mol. The summed E-state index contributed by atoms with van der Waals surface area (Å²) < 4.78 is 23.2. The minimum absolute atomic E-state index is 0.142. The van der Waals surface area contributed by atoms with Crippen LogP contribution in [0.1, 0.15) is 46.5 Å². The van der Waals surface area contributed by atoms with Crippen molar-refractivity contribution >= 4 is 11.9 Å². The summed E-state index contributed by atoms with van der Waals surface area (Å²) in [6.07, 6.45) is 1.35. The highest BCUT2D eigenvalue weighted by Crippen LogP contribution is 2.34. The highest BCUT2D eigenvalue weighted by Gasteiger charge is 2.26. The molecule has 0 saturated carbocycles. The van der Waals surface area contributed by atoms with E-state index in [4.69, 9.17) is 18.9 Å². The molecule has 0 bridgehead atoms. The fraction of sp³-hybridized carbons (Fsp3) is 0.440. The number of carboxylic acids is 1. The first-order valence-electron chi connectivity index (χ1n) is 10.7. The lowest BCUT2D eigenvalue weighted by Crippen LogP contribution is -2.28. The molecule has 184 valence electrons. The average Bonchev–Trinajstić information content (AvgIpc) is 3.21. The molecule has 2 aromatic rings. The molecule has 0 radical (unpaired) electrons. The first-order valence-corrected chi connectivity index (χ1v) is 10.7. The lowest BCUT2D eigenvalue weighted by Gasteiger charge is -2.25. The molecule has 2 rings (SSSR count). The van der Waals surface area contributed by atoms with E-state index in [1.165, 1.54) is 27.5 Å². The van der Waals surface area contributed by atoms with Crippen LogP contribution < -0.4 is 9.47 Å². The minimum atomic E-state index is -1.08. The van der Waals surface area contributed by atoms with Crippen molar-refractivity contribution in [1.29, 1.82) is 0 Å². The minimum Gasteiger partial charge on any atom is -0.496 e. The van der Waals surface area contributed by atoms with Gasteiger partial charge in [-0.3, -0.25) is 4.79 Å². The third kappa shape index (κ3) is 6.76. The average molecular weight is 474 g/mol. The number of hydrogen-bond acceptors (Lipinski definition) is 7. The molecule has 0 aliphatic carbocycles. The molecule has 1 aromatic carbocycles. The topological polar surface area (TPSA) is 116 Å². The van der Waals surface area contributed by atoms with E-state index < -0.39 is 24.1 Å². The van der Waals surface area contributed by atoms with Crippen molar-refractivity contribution in [3.05, 3.63) is 46.8 Å². The van der Waals surface area contributed by atoms with Crippen molar-refractivity contribution in [2.24, 2.45) is 0 Å². The Bertz CT molecular complexity index is 1040. The number of aromatic nitrogens is 1. The predicted molar refractivity (Wildman–Crippen MR) is 124 cm³/mol. The van der Waals surface area contributed by atoms with Gasteiger partial charge < -0.3 is 33.7 Å². The predicted octanol–water partition coefficient (Wildman–Crippen LogP) is 2.76. The quantitative estimate of drug-likeness (QED) is 0.275. The van der Waals surface area contributed by atoms with Gasteiger partial charge in [-0.15, -0.1) is 11.8 Å². The van der Waals surface area contributed by atoms with Crippen molar-refractivity contribution in [2.45, 2.75) is 45.4 Å². The van der Waals surface area contributed by atoms with Crippen molar-refractivity contribution in [3.63, 3.8) is 0 Å². The summed E-state index contributed by atoms with van der Waals surface area (Å²) in [4.78, 5) is 23.4. The van der Waals surface area contributed by atoms with Crippen LogP contribution in [-0.2, 0) is 27.2 Å². The Kier molecular flexibility index (Phi) is 9.98. The molecule has 1 aromatic heterocycles. The Morgan fingerprint density at radius 3 is 2.29 bits per heavy atom. The second-order valence-corrected chi connectivity index (χ2v) is 7.54. The second-order valence-electron chi connectivity index (χ2n) is 7.54. The molecule has 0 fully saturated rings. The van der Waals surface area contributed by atoms with Gasteiger partial charge in [-0.05, 0) is 37.1 Å². The summed E-state index contributed by atoms with van der Waals surface area (Å²) in [5.74, 6) is 5.11. The number of esters is 1. The van der Waals surface area contributed by atoms with Crippen molar-refractivity contribution in [2.75, 3.05) is 27.9 Å². The number of aliphatic hydroxyl groups is 1. The van der Waals surface area contributed by atoms with E-state index in [1.54, 1.807) is 29.8 Å². The van der Waals surface area contributed by atoms with E-state index in [0.29, 0.717) is 29.0 Å². The van der Waals surface area contributed by atoms with Gasteiger partial charge in [0.05, 0.1) is 46.5 Å². The number of benzene rings is 1. The lowest BCUT2D eigenvalue weighted by molar-refractivity contribution is -0.136. The second kappa shape index (κ2) is 12.7. The van der Waals surface area contributed by atoms with Crippen molar-refractivity contribution in [3.8, 4) is 23.3 Å². The molecule has 0 spiro atoms. The Morgan fingerprint density at radius 1 is 1.12 bits per heavy atom. The molecular formula is C25H31NO8. The first-order chi connectivity index (χ1) is 16.2. The van der Waals surface area contributed by atoms with Gasteiger partial charge >= 0.3 is 11.9 Å². The number of methoxy groups -OCH3 is 3. The number of carbonyl (C=O) groups is 2. The molecule has 9 heteroatoms. The standard InChI is InChI=1S/C25H31NO8/c1-6-7-8-9-34-22(24(29)17-10-20(31-3)16(2)21(11-17)32-4)15-26-13-18(12-23(27)28)19(14-26)25(30)33-5/h10-11,13-14,22,24,29H,8-9,12,15H2,1-5H3,(H,27,28)/t22?,24-/m1/s1. The summed E-state index contributed by atoms with van der Waals surface area (Å²) in [6.45, 7) is 4.00. The fourth-order valence-corrected chi connectivity index (χ4v) is 3.59. The third-order valence-electron chi connectivity index (χ3n) is 5.30. The molecule has 2 atom stereocenters. The van der Waals surface area contributed by atoms with Crippen LogP contribution in [0.15, 0.2) is 24.5 Å². The zero-order valence-electron chi connectivity index (χ0n) is 20.1. The zero-order chi connectivity index (χ0) is 25.3. The maximum Gasteiger partial charge on any atom is 0.339 e. The van der Waals surface area contributed by atoms with Crippen LogP contribution in [0.3, 0.4) is 0 Å². The van der Waals surface area contributed by atoms with Crippen molar-refractivity contribution < 1.29 is 38.7 Å². The van der Waals surface area contributed by atoms with Crippen LogP contribution >= 0.6 is 0 Å². The fourth-order valence-electron chi connectivity index (χ4n) is 3.59. The van der Waals surface area contributed by atoms with E-state index in [1.807, 2.05) is 6.92 Å². The lowest BCUT2D eigenvalue weighted by atomic mass is 10.0. The smallest absolute Gasteiger partial charge is 0.339 e. The van der Waals surface area contributed by atoms with Crippen LogP contribution in [0, 0.1) is 18.8 Å². The van der Waals surface area contributed by atoms with Gasteiger partial charge in [0.15, 0.2) is 0 Å². The van der Waals surface area contributed by atoms with Gasteiger partial charge in [-0.2, -0.15) is 0 Å². The monoisotopic (exact) mass is 473 g/mol. The van der Waals surface area contributed by atoms with Gasteiger partial charge in [0.1, 0.15) is 23.7 Å². The number of carbonyl (C=O) groups excluding carboxylic acids is 1. The summed E-state index contributed by atoms with van der Waals surface area (Å²) in [6, 6.07) is 3.44. The van der Waals surface area contributed by atoms with Crippen LogP contribution in [0.2, 0.25) is 0 Å². The summed E-state index contributed by atoms with van der Waals surface area (Å²) in [7, 11) is 4.30. The Hall–Kier alpha value is -3.48. The van der Waals surface area contributed by atoms with Gasteiger partial charge in [0.2, 0.25) is 0 Å². The Balaban J connectivity index is 2.41. The summed E-state index contributed by atoms with van der Waals surface area (Å²) in [5, 5.41) is 20.4. The highest BCUT2D eigenvalue weighted by molar-refractivity contribution is 5.92. The van der Waals surface area contributed by atoms with Crippen LogP contribution in [0.25, 0.3) is 0 Å². The zero-order valence-corrected chi connectivity index (χ0v) is 20.1. The number of rotatable bonds is 12. The van der Waals surface area contributed by atoms with Gasteiger partial charge in [0, 0.05) is 24.4 Å². The normalized spacial score (nSPS) is 12.3. The van der Waals surface area contributed by atoms with Gasteiger partial charge in [-0.1, -0.05) is 0 Å². The van der Waals surface area contributed by atoms with E-state index in [-0.39, 0.29) is 25.1 Å². The molecule has 0 saturated heterocycles. The molecule has 2 N–H and O–H groups in total. The van der Waals surface area contributed by atoms with Gasteiger partial charge in [0.25, 0.3) is 0 Å². The maximum atomic E-state index is 12.1. The van der Waals surface area contributed by atoms with Crippen molar-refractivity contribution in [1.82, 2.24) is 4.57 Å². The Morgan fingerprint density at radius 2 is 1.76 bits per heavy atom. The number of nitrogens with zero attached hydrogens (tertiary/aromatic N) is 1. The summed E-state index contributed by atoms with van der Waals surface area (Å²) >= 11 is 0.